The van der Waals surface area contributed by atoms with Crippen LogP contribution in [0.15, 0.2) is 30.3 Å². The van der Waals surface area contributed by atoms with Gasteiger partial charge in [0.1, 0.15) is 0 Å². The lowest BCUT2D eigenvalue weighted by Gasteiger charge is -2.44. The maximum Gasteiger partial charge on any atom is 0.219 e. The van der Waals surface area contributed by atoms with Crippen LogP contribution in [-0.4, -0.2) is 72.5 Å². The molecule has 2 fully saturated rings. The van der Waals surface area contributed by atoms with Gasteiger partial charge in [0.25, 0.3) is 0 Å². The van der Waals surface area contributed by atoms with Gasteiger partial charge in [0.2, 0.25) is 5.91 Å². The lowest BCUT2D eigenvalue weighted by Crippen LogP contribution is -2.53. The number of nitrogens with zero attached hydrogens (tertiary/aromatic N) is 3. The zero-order valence-corrected chi connectivity index (χ0v) is 15.9. The number of likely N-dealkylation sites (tertiary alicyclic amines) is 2. The normalized spacial score (nSPS) is 23.2. The van der Waals surface area contributed by atoms with Crippen molar-refractivity contribution in [2.24, 2.45) is 0 Å². The molecule has 25 heavy (non-hydrogen) atoms. The molecule has 0 saturated carbocycles. The summed E-state index contributed by atoms with van der Waals surface area (Å²) >= 11 is 0. The first-order valence-corrected chi connectivity index (χ1v) is 9.87. The first-order valence-electron chi connectivity index (χ1n) is 9.87. The lowest BCUT2D eigenvalue weighted by atomic mass is 9.97. The van der Waals surface area contributed by atoms with Crippen molar-refractivity contribution in [3.63, 3.8) is 0 Å². The van der Waals surface area contributed by atoms with Crippen molar-refractivity contribution in [1.29, 1.82) is 0 Å². The fraction of sp³-hybridized carbons (Fsp3) is 0.667. The topological polar surface area (TPSA) is 26.8 Å². The Morgan fingerprint density at radius 1 is 1.12 bits per heavy atom. The maximum absolute atomic E-state index is 11.5. The van der Waals surface area contributed by atoms with Crippen molar-refractivity contribution in [2.45, 2.75) is 51.1 Å². The third-order valence-electron chi connectivity index (χ3n) is 6.07. The second-order valence-electron chi connectivity index (χ2n) is 7.74. The van der Waals surface area contributed by atoms with Crippen LogP contribution in [0.3, 0.4) is 0 Å². The maximum atomic E-state index is 11.5. The van der Waals surface area contributed by atoms with E-state index < -0.39 is 0 Å². The fourth-order valence-electron chi connectivity index (χ4n) is 4.35. The van der Waals surface area contributed by atoms with Crippen molar-refractivity contribution in [1.82, 2.24) is 14.7 Å². The largest absolute Gasteiger partial charge is 0.343 e. The highest BCUT2D eigenvalue weighted by Gasteiger charge is 2.30. The van der Waals surface area contributed by atoms with Gasteiger partial charge in [-0.2, -0.15) is 0 Å². The van der Waals surface area contributed by atoms with Crippen LogP contribution in [0.4, 0.5) is 0 Å². The van der Waals surface area contributed by atoms with Gasteiger partial charge >= 0.3 is 0 Å². The van der Waals surface area contributed by atoms with Crippen LogP contribution in [0.2, 0.25) is 0 Å². The third-order valence-corrected chi connectivity index (χ3v) is 6.07. The number of rotatable bonds is 5. The zero-order chi connectivity index (χ0) is 17.6. The molecule has 0 spiro atoms. The Kier molecular flexibility index (Phi) is 6.49. The summed E-state index contributed by atoms with van der Waals surface area (Å²) in [6, 6.07) is 12.1. The molecule has 0 aliphatic carbocycles. The first kappa shape index (κ1) is 18.4. The minimum absolute atomic E-state index is 0.232. The molecule has 2 aliphatic rings. The van der Waals surface area contributed by atoms with Crippen LogP contribution >= 0.6 is 0 Å². The van der Waals surface area contributed by atoms with E-state index in [9.17, 15) is 4.79 Å². The molecule has 0 unspecified atom stereocenters. The number of hydrogen-bond donors (Lipinski definition) is 0. The summed E-state index contributed by atoms with van der Waals surface area (Å²) in [5.74, 6) is 0.232. The van der Waals surface area contributed by atoms with Crippen molar-refractivity contribution < 1.29 is 4.79 Å². The molecule has 1 aromatic carbocycles. The Balaban J connectivity index is 1.46. The summed E-state index contributed by atoms with van der Waals surface area (Å²) in [6.07, 6.45) is 6.02. The molecule has 1 aromatic rings. The Morgan fingerprint density at radius 3 is 2.52 bits per heavy atom. The molecular formula is C21H33N3O. The van der Waals surface area contributed by atoms with E-state index in [0.717, 1.165) is 38.9 Å². The van der Waals surface area contributed by atoms with Crippen LogP contribution in [0.25, 0.3) is 0 Å². The summed E-state index contributed by atoms with van der Waals surface area (Å²) in [5, 5.41) is 0. The van der Waals surface area contributed by atoms with Gasteiger partial charge in [-0.25, -0.2) is 0 Å². The number of piperidine rings is 2. The van der Waals surface area contributed by atoms with Crippen LogP contribution in [-0.2, 0) is 11.2 Å². The van der Waals surface area contributed by atoms with Gasteiger partial charge in [-0.3, -0.25) is 9.69 Å². The minimum Gasteiger partial charge on any atom is -0.343 e. The predicted molar refractivity (Wildman–Crippen MR) is 103 cm³/mol. The van der Waals surface area contributed by atoms with Crippen molar-refractivity contribution in [3.8, 4) is 0 Å². The Hall–Kier alpha value is -1.39. The number of carbonyl (C=O) groups excluding carboxylic acids is 1. The Morgan fingerprint density at radius 2 is 1.84 bits per heavy atom. The molecule has 4 nitrogen and oxygen atoms in total. The molecule has 0 radical (unpaired) electrons. The van der Waals surface area contributed by atoms with Crippen LogP contribution in [0.5, 0.6) is 0 Å². The molecule has 1 atom stereocenters. The number of amides is 1. The van der Waals surface area contributed by atoms with Gasteiger partial charge in [-0.1, -0.05) is 30.3 Å². The average molecular weight is 344 g/mol. The third kappa shape index (κ3) is 5.05. The van der Waals surface area contributed by atoms with E-state index in [1.54, 1.807) is 6.92 Å². The molecule has 2 saturated heterocycles. The van der Waals surface area contributed by atoms with Crippen molar-refractivity contribution in [3.05, 3.63) is 35.9 Å². The highest BCUT2D eigenvalue weighted by molar-refractivity contribution is 5.73. The molecule has 0 N–H and O–H groups in total. The van der Waals surface area contributed by atoms with Crippen LogP contribution < -0.4 is 0 Å². The Bertz CT molecular complexity index is 539. The SMILES string of the molecule is CC(=O)N1CCC(N2CCC[C@@H](N(C)CCc3ccccc3)C2)CC1. The lowest BCUT2D eigenvalue weighted by molar-refractivity contribution is -0.130. The standard InChI is InChI=1S/C21H33N3O/c1-18(25)23-15-11-20(12-16-23)24-13-6-9-21(17-24)22(2)14-10-19-7-4-3-5-8-19/h3-5,7-8,20-21H,6,9-17H2,1-2H3/t21-/m1/s1. The highest BCUT2D eigenvalue weighted by atomic mass is 16.2. The van der Waals surface area contributed by atoms with Gasteiger partial charge < -0.3 is 9.80 Å². The molecule has 138 valence electrons. The molecular weight excluding hydrogens is 310 g/mol. The Labute approximate surface area is 152 Å². The average Bonchev–Trinajstić information content (AvgIpc) is 2.67. The highest BCUT2D eigenvalue weighted by Crippen LogP contribution is 2.23. The fourth-order valence-corrected chi connectivity index (χ4v) is 4.35. The molecule has 0 bridgehead atoms. The molecule has 3 rings (SSSR count). The predicted octanol–water partition coefficient (Wildman–Crippen LogP) is 2.64. The molecule has 4 heteroatoms. The van der Waals surface area contributed by atoms with E-state index in [1.807, 2.05) is 4.90 Å². The van der Waals surface area contributed by atoms with Gasteiger partial charge in [-0.05, 0) is 51.3 Å². The number of likely N-dealkylation sites (N-methyl/N-ethyl adjacent to an activating group) is 1. The quantitative estimate of drug-likeness (QED) is 0.822. The smallest absolute Gasteiger partial charge is 0.219 e. The second-order valence-corrected chi connectivity index (χ2v) is 7.74. The van der Waals surface area contributed by atoms with Gasteiger partial charge in [0.15, 0.2) is 0 Å². The summed E-state index contributed by atoms with van der Waals surface area (Å²) < 4.78 is 0. The monoisotopic (exact) mass is 343 g/mol. The van der Waals surface area contributed by atoms with Crippen molar-refractivity contribution >= 4 is 5.91 Å². The second kappa shape index (κ2) is 8.81. The van der Waals surface area contributed by atoms with Crippen LogP contribution in [0.1, 0.15) is 38.2 Å². The molecule has 0 aromatic heterocycles. The van der Waals surface area contributed by atoms with E-state index in [1.165, 1.54) is 31.5 Å². The summed E-state index contributed by atoms with van der Waals surface area (Å²) in [7, 11) is 2.29. The number of benzene rings is 1. The minimum atomic E-state index is 0.232. The van der Waals surface area contributed by atoms with E-state index >= 15 is 0 Å². The van der Waals surface area contributed by atoms with Crippen LogP contribution in [0, 0.1) is 0 Å². The summed E-state index contributed by atoms with van der Waals surface area (Å²) in [5.41, 5.74) is 1.43. The molecule has 1 amide bonds. The number of carbonyl (C=O) groups is 1. The number of hydrogen-bond acceptors (Lipinski definition) is 3. The summed E-state index contributed by atoms with van der Waals surface area (Å²) in [6.45, 7) is 7.12. The van der Waals surface area contributed by atoms with Gasteiger partial charge in [0.05, 0.1) is 0 Å². The first-order chi connectivity index (χ1) is 12.1. The zero-order valence-electron chi connectivity index (χ0n) is 15.9. The van der Waals surface area contributed by atoms with Crippen molar-refractivity contribution in [2.75, 3.05) is 39.8 Å². The van der Waals surface area contributed by atoms with E-state index in [-0.39, 0.29) is 5.91 Å². The van der Waals surface area contributed by atoms with E-state index in [4.69, 9.17) is 0 Å². The molecule has 2 aliphatic heterocycles. The van der Waals surface area contributed by atoms with E-state index in [2.05, 4.69) is 47.2 Å². The van der Waals surface area contributed by atoms with Gasteiger partial charge in [-0.15, -0.1) is 0 Å². The molecule has 2 heterocycles. The summed E-state index contributed by atoms with van der Waals surface area (Å²) in [4.78, 5) is 18.8. The van der Waals surface area contributed by atoms with Gasteiger partial charge in [0, 0.05) is 45.2 Å². The van der Waals surface area contributed by atoms with E-state index in [0.29, 0.717) is 12.1 Å².